The smallest absolute Gasteiger partial charge is 0.220 e. The molecule has 0 saturated heterocycles. The van der Waals surface area contributed by atoms with E-state index in [0.29, 0.717) is 13.0 Å². The Morgan fingerprint density at radius 1 is 1.39 bits per heavy atom. The first-order valence-corrected chi connectivity index (χ1v) is 6.59. The number of alkyl halides is 1. The Bertz CT molecular complexity index is 363. The van der Waals surface area contributed by atoms with E-state index in [1.807, 2.05) is 31.2 Å². The van der Waals surface area contributed by atoms with E-state index in [9.17, 15) is 4.79 Å². The van der Waals surface area contributed by atoms with E-state index in [2.05, 4.69) is 5.32 Å². The third-order valence-electron chi connectivity index (χ3n) is 2.66. The van der Waals surface area contributed by atoms with Crippen LogP contribution in [0.1, 0.15) is 25.3 Å². The van der Waals surface area contributed by atoms with Gasteiger partial charge in [0, 0.05) is 18.3 Å². The lowest BCUT2D eigenvalue weighted by molar-refractivity contribution is -0.121. The maximum atomic E-state index is 11.5. The van der Waals surface area contributed by atoms with Crippen LogP contribution in [0.25, 0.3) is 0 Å². The van der Waals surface area contributed by atoms with Crippen molar-refractivity contribution < 1.29 is 9.53 Å². The average Bonchev–Trinajstić information content (AvgIpc) is 2.36. The van der Waals surface area contributed by atoms with Crippen molar-refractivity contribution in [2.24, 2.45) is 0 Å². The van der Waals surface area contributed by atoms with Crippen molar-refractivity contribution in [1.82, 2.24) is 5.32 Å². The fraction of sp³-hybridized carbons (Fsp3) is 0.500. The predicted octanol–water partition coefficient (Wildman–Crippen LogP) is 2.76. The van der Waals surface area contributed by atoms with E-state index in [0.717, 1.165) is 24.2 Å². The second-order valence-corrected chi connectivity index (χ2v) is 5.01. The van der Waals surface area contributed by atoms with E-state index in [1.165, 1.54) is 0 Å². The van der Waals surface area contributed by atoms with Gasteiger partial charge in [0.2, 0.25) is 5.91 Å². The number of carbonyl (C=O) groups excluding carboxylic acids is 1. The molecule has 0 spiro atoms. The SMILES string of the molecule is COc1ccc(CCC(=O)NCCC(C)Cl)cc1. The average molecular weight is 270 g/mol. The molecular weight excluding hydrogens is 250 g/mol. The number of halogens is 1. The van der Waals surface area contributed by atoms with Gasteiger partial charge in [0.15, 0.2) is 0 Å². The molecule has 1 aromatic rings. The third-order valence-corrected chi connectivity index (χ3v) is 2.88. The molecule has 1 aromatic carbocycles. The molecule has 3 nitrogen and oxygen atoms in total. The second kappa shape index (κ2) is 7.98. The summed E-state index contributed by atoms with van der Waals surface area (Å²) in [6, 6.07) is 7.77. The van der Waals surface area contributed by atoms with Gasteiger partial charge < -0.3 is 10.1 Å². The molecule has 1 amide bonds. The van der Waals surface area contributed by atoms with Crippen molar-refractivity contribution in [2.45, 2.75) is 31.6 Å². The molecule has 0 bridgehead atoms. The molecule has 1 N–H and O–H groups in total. The van der Waals surface area contributed by atoms with Crippen LogP contribution in [0.4, 0.5) is 0 Å². The molecule has 0 aliphatic carbocycles. The molecule has 0 radical (unpaired) electrons. The van der Waals surface area contributed by atoms with Gasteiger partial charge in [-0.15, -0.1) is 11.6 Å². The van der Waals surface area contributed by atoms with Crippen molar-refractivity contribution in [1.29, 1.82) is 0 Å². The molecule has 0 aromatic heterocycles. The molecule has 100 valence electrons. The Morgan fingerprint density at radius 2 is 2.06 bits per heavy atom. The highest BCUT2D eigenvalue weighted by Crippen LogP contribution is 2.12. The van der Waals surface area contributed by atoms with Crippen molar-refractivity contribution in [2.75, 3.05) is 13.7 Å². The first kappa shape index (κ1) is 14.8. The molecule has 0 aliphatic heterocycles. The Labute approximate surface area is 113 Å². The van der Waals surface area contributed by atoms with E-state index >= 15 is 0 Å². The summed E-state index contributed by atoms with van der Waals surface area (Å²) in [5.74, 6) is 0.905. The minimum Gasteiger partial charge on any atom is -0.497 e. The monoisotopic (exact) mass is 269 g/mol. The topological polar surface area (TPSA) is 38.3 Å². The molecular formula is C14H20ClNO2. The highest BCUT2D eigenvalue weighted by atomic mass is 35.5. The molecule has 1 rings (SSSR count). The molecule has 1 atom stereocenters. The Hall–Kier alpha value is -1.22. The van der Waals surface area contributed by atoms with Crippen molar-refractivity contribution >= 4 is 17.5 Å². The van der Waals surface area contributed by atoms with Gasteiger partial charge in [0.1, 0.15) is 5.75 Å². The zero-order valence-corrected chi connectivity index (χ0v) is 11.7. The van der Waals surface area contributed by atoms with Gasteiger partial charge in [0.05, 0.1) is 7.11 Å². The maximum absolute atomic E-state index is 11.5. The summed E-state index contributed by atoms with van der Waals surface area (Å²) >= 11 is 5.80. The van der Waals surface area contributed by atoms with Crippen molar-refractivity contribution in [3.63, 3.8) is 0 Å². The minimum atomic E-state index is 0.0723. The molecule has 1 unspecified atom stereocenters. The summed E-state index contributed by atoms with van der Waals surface area (Å²) in [6.07, 6.45) is 2.05. The Balaban J connectivity index is 2.24. The summed E-state index contributed by atoms with van der Waals surface area (Å²) in [4.78, 5) is 11.5. The predicted molar refractivity (Wildman–Crippen MR) is 74.3 cm³/mol. The molecule has 4 heteroatoms. The van der Waals surface area contributed by atoms with Gasteiger partial charge in [-0.1, -0.05) is 12.1 Å². The van der Waals surface area contributed by atoms with Gasteiger partial charge in [-0.25, -0.2) is 0 Å². The largest absolute Gasteiger partial charge is 0.497 e. The first-order valence-electron chi connectivity index (χ1n) is 6.15. The van der Waals surface area contributed by atoms with Crippen LogP contribution in [0.2, 0.25) is 0 Å². The normalized spacial score (nSPS) is 11.9. The quantitative estimate of drug-likeness (QED) is 0.773. The number of hydrogen-bond donors (Lipinski definition) is 1. The van der Waals surface area contributed by atoms with Crippen LogP contribution in [0.15, 0.2) is 24.3 Å². The van der Waals surface area contributed by atoms with Crippen LogP contribution in [-0.2, 0) is 11.2 Å². The zero-order valence-electron chi connectivity index (χ0n) is 10.9. The van der Waals surface area contributed by atoms with Crippen LogP contribution < -0.4 is 10.1 Å². The fourth-order valence-corrected chi connectivity index (χ4v) is 1.66. The molecule has 0 heterocycles. The van der Waals surface area contributed by atoms with Crippen LogP contribution in [0.3, 0.4) is 0 Å². The number of benzene rings is 1. The number of amides is 1. The Kier molecular flexibility index (Phi) is 6.58. The number of ether oxygens (including phenoxy) is 1. The van der Waals surface area contributed by atoms with Crippen LogP contribution in [-0.4, -0.2) is 24.9 Å². The lowest BCUT2D eigenvalue weighted by Gasteiger charge is -2.06. The van der Waals surface area contributed by atoms with Gasteiger partial charge in [-0.2, -0.15) is 0 Å². The van der Waals surface area contributed by atoms with Crippen molar-refractivity contribution in [3.05, 3.63) is 29.8 Å². The molecule has 0 fully saturated rings. The van der Waals surface area contributed by atoms with Gasteiger partial charge in [0.25, 0.3) is 0 Å². The van der Waals surface area contributed by atoms with Crippen molar-refractivity contribution in [3.8, 4) is 5.75 Å². The number of nitrogens with one attached hydrogen (secondary N) is 1. The molecule has 0 aliphatic rings. The second-order valence-electron chi connectivity index (χ2n) is 4.27. The van der Waals surface area contributed by atoms with Gasteiger partial charge in [-0.3, -0.25) is 4.79 Å². The standard InChI is InChI=1S/C14H20ClNO2/c1-11(15)9-10-16-14(17)8-5-12-3-6-13(18-2)7-4-12/h3-4,6-7,11H,5,8-10H2,1-2H3,(H,16,17). The molecule has 0 saturated carbocycles. The summed E-state index contributed by atoms with van der Waals surface area (Å²) in [5.41, 5.74) is 1.14. The van der Waals surface area contributed by atoms with Crippen LogP contribution in [0, 0.1) is 0 Å². The Morgan fingerprint density at radius 3 is 2.61 bits per heavy atom. The lowest BCUT2D eigenvalue weighted by atomic mass is 10.1. The minimum absolute atomic E-state index is 0.0723. The number of carbonyl (C=O) groups is 1. The summed E-state index contributed by atoms with van der Waals surface area (Å²) in [6.45, 7) is 2.57. The van der Waals surface area contributed by atoms with Gasteiger partial charge >= 0.3 is 0 Å². The zero-order chi connectivity index (χ0) is 13.4. The molecule has 18 heavy (non-hydrogen) atoms. The highest BCUT2D eigenvalue weighted by molar-refractivity contribution is 6.20. The van der Waals surface area contributed by atoms with E-state index in [4.69, 9.17) is 16.3 Å². The third kappa shape index (κ3) is 5.92. The summed E-state index contributed by atoms with van der Waals surface area (Å²) in [7, 11) is 1.64. The number of hydrogen-bond acceptors (Lipinski definition) is 2. The number of methoxy groups -OCH3 is 1. The van der Waals surface area contributed by atoms with Gasteiger partial charge in [-0.05, 0) is 37.5 Å². The first-order chi connectivity index (χ1) is 8.61. The van der Waals surface area contributed by atoms with E-state index in [-0.39, 0.29) is 11.3 Å². The number of rotatable bonds is 7. The summed E-state index contributed by atoms with van der Waals surface area (Å²) in [5, 5.41) is 2.96. The maximum Gasteiger partial charge on any atom is 0.220 e. The lowest BCUT2D eigenvalue weighted by Crippen LogP contribution is -2.25. The summed E-state index contributed by atoms with van der Waals surface area (Å²) < 4.78 is 5.08. The highest BCUT2D eigenvalue weighted by Gasteiger charge is 2.03. The van der Waals surface area contributed by atoms with E-state index in [1.54, 1.807) is 7.11 Å². The fourth-order valence-electron chi connectivity index (χ4n) is 1.55. The van der Waals surface area contributed by atoms with Crippen LogP contribution in [0.5, 0.6) is 5.75 Å². The number of aryl methyl sites for hydroxylation is 1. The van der Waals surface area contributed by atoms with E-state index < -0.39 is 0 Å². The van der Waals surface area contributed by atoms with Crippen LogP contribution >= 0.6 is 11.6 Å².